The molecule has 28 heavy (non-hydrogen) atoms. The maximum absolute atomic E-state index is 14.1. The molecule has 1 amide bonds. The Morgan fingerprint density at radius 3 is 2.79 bits per heavy atom. The number of amides is 1. The highest BCUT2D eigenvalue weighted by Gasteiger charge is 2.35. The molecule has 142 valence electrons. The highest BCUT2D eigenvalue weighted by atomic mass is 35.5. The van der Waals surface area contributed by atoms with Crippen molar-refractivity contribution in [1.82, 2.24) is 9.97 Å². The van der Waals surface area contributed by atoms with E-state index in [0.29, 0.717) is 21.2 Å². The second-order valence-electron chi connectivity index (χ2n) is 6.02. The van der Waals surface area contributed by atoms with E-state index in [-0.39, 0.29) is 11.0 Å². The number of hydrogen-bond acceptors (Lipinski definition) is 5. The quantitative estimate of drug-likeness (QED) is 0.468. The van der Waals surface area contributed by atoms with E-state index in [2.05, 4.69) is 9.97 Å². The zero-order valence-corrected chi connectivity index (χ0v) is 17.1. The Bertz CT molecular complexity index is 1240. The van der Waals surface area contributed by atoms with E-state index in [1.54, 1.807) is 42.6 Å². The van der Waals surface area contributed by atoms with Crippen molar-refractivity contribution in [3.63, 3.8) is 0 Å². The number of hydrogen-bond donors (Lipinski definition) is 2. The summed E-state index contributed by atoms with van der Waals surface area (Å²) < 4.78 is 19.7. The van der Waals surface area contributed by atoms with E-state index in [0.717, 1.165) is 10.6 Å². The molecule has 1 unspecified atom stereocenters. The average molecular weight is 432 g/mol. The lowest BCUT2D eigenvalue weighted by atomic mass is 10.2. The Hall–Kier alpha value is -2.44. The molecule has 2 aromatic heterocycles. The van der Waals surface area contributed by atoms with Crippen molar-refractivity contribution in [2.45, 2.75) is 0 Å². The van der Waals surface area contributed by atoms with E-state index in [1.807, 2.05) is 11.4 Å². The number of primary amides is 1. The number of halogens is 1. The second-order valence-corrected chi connectivity index (χ2v) is 9.79. The highest BCUT2D eigenvalue weighted by Crippen LogP contribution is 2.47. The molecule has 0 bridgehead atoms. The Morgan fingerprint density at radius 2 is 2.11 bits per heavy atom. The third-order valence-corrected chi connectivity index (χ3v) is 7.98. The fraction of sp³-hybridized carbons (Fsp3) is 0.0526. The predicted molar refractivity (Wildman–Crippen MR) is 113 cm³/mol. The number of H-pyrrole nitrogens is 1. The van der Waals surface area contributed by atoms with Crippen molar-refractivity contribution >= 4 is 57.7 Å². The summed E-state index contributed by atoms with van der Waals surface area (Å²) in [6.07, 6.45) is 1.70. The SMILES string of the molecule is COP(=O)(c1cccc(-c2nccs2)c1)c1c(C(N)=O)[nH]c2ccc(Cl)cc12. The molecule has 1 atom stereocenters. The molecule has 4 aromatic rings. The monoisotopic (exact) mass is 431 g/mol. The van der Waals surface area contributed by atoms with Crippen LogP contribution >= 0.6 is 30.3 Å². The largest absolute Gasteiger partial charge is 0.364 e. The van der Waals surface area contributed by atoms with Crippen LogP contribution in [0.4, 0.5) is 0 Å². The molecular formula is C19H15ClN3O3PS. The Balaban J connectivity index is 2.00. The summed E-state index contributed by atoms with van der Waals surface area (Å²) in [7, 11) is -2.30. The molecule has 0 aliphatic rings. The van der Waals surface area contributed by atoms with Gasteiger partial charge in [-0.15, -0.1) is 11.3 Å². The summed E-state index contributed by atoms with van der Waals surface area (Å²) in [5.74, 6) is -0.726. The van der Waals surface area contributed by atoms with Gasteiger partial charge in [0.05, 0.1) is 5.30 Å². The summed E-state index contributed by atoms with van der Waals surface area (Å²) in [6, 6.07) is 12.2. The topological polar surface area (TPSA) is 98.1 Å². The van der Waals surface area contributed by atoms with Crippen LogP contribution in [0.5, 0.6) is 0 Å². The molecular weight excluding hydrogens is 417 g/mol. The van der Waals surface area contributed by atoms with Gasteiger partial charge >= 0.3 is 0 Å². The number of rotatable bonds is 5. The lowest BCUT2D eigenvalue weighted by molar-refractivity contribution is 0.0997. The van der Waals surface area contributed by atoms with Gasteiger partial charge in [-0.2, -0.15) is 0 Å². The van der Waals surface area contributed by atoms with Gasteiger partial charge in [0.25, 0.3) is 13.3 Å². The summed E-state index contributed by atoms with van der Waals surface area (Å²) in [4.78, 5) is 19.3. The fourth-order valence-corrected chi connectivity index (χ4v) is 6.16. The van der Waals surface area contributed by atoms with Crippen LogP contribution in [0, 0.1) is 0 Å². The van der Waals surface area contributed by atoms with Crippen molar-refractivity contribution in [2.75, 3.05) is 7.11 Å². The van der Waals surface area contributed by atoms with E-state index >= 15 is 0 Å². The van der Waals surface area contributed by atoms with Crippen LogP contribution in [-0.4, -0.2) is 23.0 Å². The van der Waals surface area contributed by atoms with Gasteiger partial charge in [-0.05, 0) is 30.3 Å². The van der Waals surface area contributed by atoms with Crippen LogP contribution in [0.3, 0.4) is 0 Å². The third-order valence-electron chi connectivity index (χ3n) is 4.40. The average Bonchev–Trinajstić information content (AvgIpc) is 3.35. The predicted octanol–water partition coefficient (Wildman–Crippen LogP) is 3.92. The van der Waals surface area contributed by atoms with Gasteiger partial charge in [-0.3, -0.25) is 9.36 Å². The number of thiazole rings is 1. The van der Waals surface area contributed by atoms with E-state index in [9.17, 15) is 9.36 Å². The minimum absolute atomic E-state index is 0.0436. The van der Waals surface area contributed by atoms with Crippen LogP contribution in [0.25, 0.3) is 21.5 Å². The number of nitrogens with one attached hydrogen (secondary N) is 1. The first-order chi connectivity index (χ1) is 13.4. The van der Waals surface area contributed by atoms with Gasteiger partial charge in [0.2, 0.25) is 0 Å². The lowest BCUT2D eigenvalue weighted by Crippen LogP contribution is -2.25. The van der Waals surface area contributed by atoms with Gasteiger partial charge in [-0.1, -0.05) is 23.7 Å². The summed E-state index contributed by atoms with van der Waals surface area (Å²) in [6.45, 7) is 0. The van der Waals surface area contributed by atoms with Crippen molar-refractivity contribution in [3.8, 4) is 10.6 Å². The summed E-state index contributed by atoms with van der Waals surface area (Å²) >= 11 is 7.62. The van der Waals surface area contributed by atoms with Crippen LogP contribution in [0.2, 0.25) is 5.02 Å². The van der Waals surface area contributed by atoms with Crippen LogP contribution < -0.4 is 16.3 Å². The van der Waals surface area contributed by atoms with E-state index in [4.69, 9.17) is 21.9 Å². The third kappa shape index (κ3) is 3.06. The molecule has 9 heteroatoms. The van der Waals surface area contributed by atoms with Crippen LogP contribution in [0.1, 0.15) is 10.5 Å². The second kappa shape index (κ2) is 7.18. The summed E-state index contributed by atoms with van der Waals surface area (Å²) in [5.41, 5.74) is 7.02. The van der Waals surface area contributed by atoms with Crippen molar-refractivity contribution in [2.24, 2.45) is 5.73 Å². The van der Waals surface area contributed by atoms with Crippen LogP contribution in [-0.2, 0) is 9.09 Å². The molecule has 2 aromatic carbocycles. The maximum atomic E-state index is 14.1. The molecule has 0 aliphatic heterocycles. The van der Waals surface area contributed by atoms with Gasteiger partial charge in [-0.25, -0.2) is 4.98 Å². The normalized spacial score (nSPS) is 13.5. The molecule has 3 N–H and O–H groups in total. The minimum Gasteiger partial charge on any atom is -0.364 e. The number of aromatic amines is 1. The number of aromatic nitrogens is 2. The van der Waals surface area contributed by atoms with Crippen molar-refractivity contribution < 1.29 is 13.9 Å². The highest BCUT2D eigenvalue weighted by molar-refractivity contribution is 7.75. The van der Waals surface area contributed by atoms with Crippen LogP contribution in [0.15, 0.2) is 54.0 Å². The molecule has 6 nitrogen and oxygen atoms in total. The molecule has 0 aliphatic carbocycles. The zero-order valence-electron chi connectivity index (χ0n) is 14.7. The Morgan fingerprint density at radius 1 is 1.29 bits per heavy atom. The number of fused-ring (bicyclic) bond motifs is 1. The molecule has 0 spiro atoms. The number of carbonyl (C=O) groups excluding carboxylic acids is 1. The van der Waals surface area contributed by atoms with Crippen molar-refractivity contribution in [3.05, 3.63) is 64.8 Å². The number of carbonyl (C=O) groups is 1. The number of benzene rings is 2. The first-order valence-electron chi connectivity index (χ1n) is 8.22. The van der Waals surface area contributed by atoms with Gasteiger partial charge in [0.1, 0.15) is 10.7 Å². The first kappa shape index (κ1) is 18.9. The van der Waals surface area contributed by atoms with E-state index in [1.165, 1.54) is 18.4 Å². The zero-order chi connectivity index (χ0) is 19.9. The van der Waals surface area contributed by atoms with Crippen molar-refractivity contribution in [1.29, 1.82) is 0 Å². The first-order valence-corrected chi connectivity index (χ1v) is 11.1. The minimum atomic E-state index is -3.66. The maximum Gasteiger partial charge on any atom is 0.266 e. The number of nitrogens with zero attached hydrogens (tertiary/aromatic N) is 1. The Labute approximate surface area is 169 Å². The molecule has 0 saturated heterocycles. The molecule has 4 rings (SSSR count). The molecule has 2 heterocycles. The summed E-state index contributed by atoms with van der Waals surface area (Å²) in [5, 5.41) is 4.29. The number of nitrogens with two attached hydrogens (primary N) is 1. The molecule has 0 fully saturated rings. The lowest BCUT2D eigenvalue weighted by Gasteiger charge is -2.18. The van der Waals surface area contributed by atoms with Gasteiger partial charge < -0.3 is 15.2 Å². The molecule has 0 radical (unpaired) electrons. The van der Waals surface area contributed by atoms with Gasteiger partial charge in [0.15, 0.2) is 0 Å². The fourth-order valence-electron chi connectivity index (χ4n) is 3.15. The van der Waals surface area contributed by atoms with Gasteiger partial charge in [0, 0.05) is 45.5 Å². The Kier molecular flexibility index (Phi) is 4.85. The van der Waals surface area contributed by atoms with E-state index < -0.39 is 13.3 Å². The standard InChI is InChI=1S/C19H15ClN3O3PS/c1-26-27(25,13-4-2-3-11(9-13)19-22-7-8-28-19)17-14-10-12(20)5-6-15(14)23-16(17)18(21)24/h2-10,23H,1H3,(H2,21,24). The molecule has 0 saturated carbocycles. The smallest absolute Gasteiger partial charge is 0.266 e.